The topological polar surface area (TPSA) is 29.0 Å². The van der Waals surface area contributed by atoms with Crippen molar-refractivity contribution in [3.05, 3.63) is 186 Å². The number of hydrogen-bond acceptors (Lipinski definition) is 3. The Labute approximate surface area is 365 Å². The Morgan fingerprint density at radius 1 is 0.377 bits per heavy atom. The molecule has 8 rings (SSSR count). The Kier molecular flexibility index (Phi) is 11.4. The van der Waals surface area contributed by atoms with Crippen molar-refractivity contribution in [1.82, 2.24) is 9.97 Å². The molecule has 0 aliphatic heterocycles. The quantitative estimate of drug-likeness (QED) is 0.129. The molecule has 5 heteroatoms. The third-order valence-electron chi connectivity index (χ3n) is 11.8. The highest BCUT2D eigenvalue weighted by Gasteiger charge is 2.27. The lowest BCUT2D eigenvalue weighted by Crippen LogP contribution is -2.38. The molecule has 0 amide bonds. The molecule has 2 aromatic heterocycles. The van der Waals surface area contributed by atoms with Crippen LogP contribution in [0.15, 0.2) is 164 Å². The largest absolute Gasteiger partial charge is 0.310 e. The zero-order valence-electron chi connectivity index (χ0n) is 37.4. The highest BCUT2D eigenvalue weighted by Crippen LogP contribution is 2.45. The summed E-state index contributed by atoms with van der Waals surface area (Å²) in [5.41, 5.74) is 19.6. The third kappa shape index (κ3) is 8.86. The third-order valence-corrected chi connectivity index (χ3v) is 15.8. The van der Waals surface area contributed by atoms with Gasteiger partial charge in [-0.1, -0.05) is 164 Å². The van der Waals surface area contributed by atoms with Crippen molar-refractivity contribution in [3.63, 3.8) is 0 Å². The monoisotopic (exact) mass is 827 g/mol. The van der Waals surface area contributed by atoms with Gasteiger partial charge in [0.1, 0.15) is 0 Å². The van der Waals surface area contributed by atoms with Crippen LogP contribution in [0.25, 0.3) is 55.9 Å². The van der Waals surface area contributed by atoms with Gasteiger partial charge in [-0.3, -0.25) is 9.97 Å². The second kappa shape index (κ2) is 16.7. The molecule has 0 atom stereocenters. The minimum Gasteiger partial charge on any atom is -0.310 e. The fourth-order valence-electron chi connectivity index (χ4n) is 8.36. The van der Waals surface area contributed by atoms with E-state index in [1.165, 1.54) is 60.6 Å². The Hall–Kier alpha value is -6.15. The van der Waals surface area contributed by atoms with Crippen LogP contribution in [-0.2, 0) is 0 Å². The lowest BCUT2D eigenvalue weighted by molar-refractivity contribution is 1.23. The van der Waals surface area contributed by atoms with Gasteiger partial charge >= 0.3 is 0 Å². The van der Waals surface area contributed by atoms with Gasteiger partial charge in [-0.25, -0.2) is 0 Å². The molecule has 0 aliphatic rings. The van der Waals surface area contributed by atoms with Crippen LogP contribution >= 0.6 is 0 Å². The lowest BCUT2D eigenvalue weighted by Gasteiger charge is -2.33. The summed E-state index contributed by atoms with van der Waals surface area (Å²) < 4.78 is 0. The van der Waals surface area contributed by atoms with Crippen LogP contribution in [-0.4, -0.2) is 26.1 Å². The van der Waals surface area contributed by atoms with Crippen LogP contribution in [0.2, 0.25) is 39.3 Å². The molecule has 0 unspecified atom stereocenters. The maximum absolute atomic E-state index is 5.13. The van der Waals surface area contributed by atoms with Gasteiger partial charge in [0, 0.05) is 40.5 Å². The Bertz CT molecular complexity index is 2700. The molecular weight excluding hydrogens is 771 g/mol. The molecular formula is C56H57N3Si2. The molecule has 0 fully saturated rings. The van der Waals surface area contributed by atoms with E-state index in [-0.39, 0.29) is 0 Å². The van der Waals surface area contributed by atoms with E-state index in [4.69, 9.17) is 9.97 Å². The maximum Gasteiger partial charge on any atom is 0.0777 e. The molecule has 0 radical (unpaired) electrons. The SMILES string of the molecule is Cc1cc(C)c(N(c2cc(-c3cc(-c4ccccc4)c(C)cn3)cc([Si](C)(C)C)c2)c2cc(-c3cc(-c4ccccc4)c(C)cn3)cc([Si](C)(C)C)c2)c(-c2ccccc2)c1. The standard InChI is InChI=1S/C56H57N3Si2/c1-38-26-39(2)56(53(27-38)44-24-18-13-19-25-44)59(47-28-45(30-49(32-47)60(5,6)7)54-34-51(40(3)36-57-54)42-20-14-11-15-21-42)48-29-46(31-50(33-48)61(8,9)10)55-35-52(41(4)37-58-55)43-22-16-12-17-23-43/h11-37H,1-10H3. The highest BCUT2D eigenvalue weighted by molar-refractivity contribution is 6.89. The molecule has 61 heavy (non-hydrogen) atoms. The van der Waals surface area contributed by atoms with Gasteiger partial charge in [-0.05, 0) is 115 Å². The van der Waals surface area contributed by atoms with Crippen molar-refractivity contribution in [2.24, 2.45) is 0 Å². The van der Waals surface area contributed by atoms with E-state index in [9.17, 15) is 0 Å². The first-order valence-corrected chi connectivity index (χ1v) is 28.5. The predicted molar refractivity (Wildman–Crippen MR) is 269 cm³/mol. The van der Waals surface area contributed by atoms with Gasteiger partial charge in [0.15, 0.2) is 0 Å². The minimum atomic E-state index is -1.87. The van der Waals surface area contributed by atoms with Crippen LogP contribution in [0.5, 0.6) is 0 Å². The number of nitrogens with zero attached hydrogens (tertiary/aromatic N) is 3. The molecule has 0 bridgehead atoms. The first-order chi connectivity index (χ1) is 29.1. The summed E-state index contributed by atoms with van der Waals surface area (Å²) in [6, 6.07) is 56.0. The van der Waals surface area contributed by atoms with Crippen molar-refractivity contribution >= 4 is 43.6 Å². The fraction of sp³-hybridized carbons (Fsp3) is 0.179. The van der Waals surface area contributed by atoms with Crippen molar-refractivity contribution in [2.45, 2.75) is 67.0 Å². The summed E-state index contributed by atoms with van der Waals surface area (Å²) >= 11 is 0. The molecule has 304 valence electrons. The number of pyridine rings is 2. The first-order valence-electron chi connectivity index (χ1n) is 21.5. The smallest absolute Gasteiger partial charge is 0.0777 e. The van der Waals surface area contributed by atoms with Crippen LogP contribution in [0.1, 0.15) is 22.3 Å². The van der Waals surface area contributed by atoms with Gasteiger partial charge in [-0.2, -0.15) is 0 Å². The number of rotatable bonds is 10. The average Bonchev–Trinajstić information content (AvgIpc) is 3.25. The van der Waals surface area contributed by atoms with E-state index in [0.29, 0.717) is 0 Å². The summed E-state index contributed by atoms with van der Waals surface area (Å²) in [6.07, 6.45) is 4.08. The predicted octanol–water partition coefficient (Wildman–Crippen LogP) is 14.6. The van der Waals surface area contributed by atoms with Gasteiger partial charge in [0.25, 0.3) is 0 Å². The van der Waals surface area contributed by atoms with Gasteiger partial charge in [-0.15, -0.1) is 0 Å². The number of anilines is 3. The maximum atomic E-state index is 5.13. The molecule has 0 aliphatic carbocycles. The van der Waals surface area contributed by atoms with Crippen molar-refractivity contribution in [3.8, 4) is 55.9 Å². The van der Waals surface area contributed by atoms with Gasteiger partial charge in [0.2, 0.25) is 0 Å². The van der Waals surface area contributed by atoms with E-state index < -0.39 is 16.1 Å². The number of aromatic nitrogens is 2. The molecule has 8 aromatic rings. The number of benzene rings is 6. The Balaban J connectivity index is 1.44. The zero-order chi connectivity index (χ0) is 43.1. The first kappa shape index (κ1) is 41.6. The Morgan fingerprint density at radius 2 is 0.770 bits per heavy atom. The molecule has 0 spiro atoms. The molecule has 3 nitrogen and oxygen atoms in total. The van der Waals surface area contributed by atoms with E-state index >= 15 is 0 Å². The van der Waals surface area contributed by atoms with Crippen LogP contribution in [0.4, 0.5) is 17.1 Å². The van der Waals surface area contributed by atoms with Crippen LogP contribution < -0.4 is 15.3 Å². The average molecular weight is 828 g/mol. The molecule has 6 aromatic carbocycles. The fourth-order valence-corrected chi connectivity index (χ4v) is 10.7. The summed E-state index contributed by atoms with van der Waals surface area (Å²) in [5.74, 6) is 0. The molecule has 0 saturated carbocycles. The number of aryl methyl sites for hydroxylation is 4. The van der Waals surface area contributed by atoms with Gasteiger partial charge in [0.05, 0.1) is 33.2 Å². The summed E-state index contributed by atoms with van der Waals surface area (Å²) in [6.45, 7) is 23.5. The lowest BCUT2D eigenvalue weighted by atomic mass is 9.95. The normalized spacial score (nSPS) is 11.8. The zero-order valence-corrected chi connectivity index (χ0v) is 39.4. The van der Waals surface area contributed by atoms with E-state index in [2.05, 4.69) is 224 Å². The molecule has 2 heterocycles. The van der Waals surface area contributed by atoms with Crippen molar-refractivity contribution in [1.29, 1.82) is 0 Å². The van der Waals surface area contributed by atoms with Crippen molar-refractivity contribution < 1.29 is 0 Å². The second-order valence-corrected chi connectivity index (χ2v) is 28.9. The van der Waals surface area contributed by atoms with Gasteiger partial charge < -0.3 is 4.90 Å². The second-order valence-electron chi connectivity index (χ2n) is 18.7. The Morgan fingerprint density at radius 3 is 1.16 bits per heavy atom. The highest BCUT2D eigenvalue weighted by atomic mass is 28.3. The summed E-state index contributed by atoms with van der Waals surface area (Å²) in [7, 11) is -3.74. The molecule has 0 saturated heterocycles. The van der Waals surface area contributed by atoms with Crippen LogP contribution in [0.3, 0.4) is 0 Å². The summed E-state index contributed by atoms with van der Waals surface area (Å²) in [5, 5.41) is 2.77. The minimum absolute atomic E-state index is 0.975. The van der Waals surface area contributed by atoms with E-state index in [1.54, 1.807) is 0 Å². The summed E-state index contributed by atoms with van der Waals surface area (Å²) in [4.78, 5) is 12.8. The molecule has 0 N–H and O–H groups in total. The number of hydrogen-bond donors (Lipinski definition) is 0. The van der Waals surface area contributed by atoms with Crippen LogP contribution in [0, 0.1) is 27.7 Å². The van der Waals surface area contributed by atoms with E-state index in [0.717, 1.165) is 45.0 Å². The van der Waals surface area contributed by atoms with Crippen molar-refractivity contribution in [2.75, 3.05) is 4.90 Å². The van der Waals surface area contributed by atoms with E-state index in [1.807, 2.05) is 12.4 Å².